The van der Waals surface area contributed by atoms with Crippen molar-refractivity contribution in [1.29, 1.82) is 0 Å². The second-order valence-corrected chi connectivity index (χ2v) is 4.77. The van der Waals surface area contributed by atoms with Crippen LogP contribution < -0.4 is 19.5 Å². The van der Waals surface area contributed by atoms with E-state index in [1.165, 1.54) is 6.42 Å². The number of benzene rings is 1. The Balaban J connectivity index is 2.11. The SMILES string of the molecule is COc1cc2c(c(C3(C)CCCN3)c1)OCO2. The van der Waals surface area contributed by atoms with Gasteiger partial charge in [0.15, 0.2) is 11.5 Å². The zero-order chi connectivity index (χ0) is 11.9. The van der Waals surface area contributed by atoms with E-state index in [4.69, 9.17) is 14.2 Å². The van der Waals surface area contributed by atoms with E-state index in [1.54, 1.807) is 7.11 Å². The highest BCUT2D eigenvalue weighted by molar-refractivity contribution is 5.55. The Morgan fingerprint density at radius 2 is 2.24 bits per heavy atom. The molecule has 1 fully saturated rings. The molecule has 0 aromatic heterocycles. The van der Waals surface area contributed by atoms with E-state index in [-0.39, 0.29) is 5.54 Å². The molecule has 17 heavy (non-hydrogen) atoms. The van der Waals surface area contributed by atoms with Gasteiger partial charge in [0.05, 0.1) is 7.11 Å². The van der Waals surface area contributed by atoms with Crippen molar-refractivity contribution >= 4 is 0 Å². The first-order valence-electron chi connectivity index (χ1n) is 5.96. The minimum absolute atomic E-state index is 0.0354. The minimum Gasteiger partial charge on any atom is -0.497 e. The fourth-order valence-corrected chi connectivity index (χ4v) is 2.64. The molecule has 0 spiro atoms. The van der Waals surface area contributed by atoms with Gasteiger partial charge in [0.25, 0.3) is 0 Å². The van der Waals surface area contributed by atoms with E-state index in [9.17, 15) is 0 Å². The predicted octanol–water partition coefficient (Wildman–Crippen LogP) is 2.02. The van der Waals surface area contributed by atoms with Gasteiger partial charge in [0.1, 0.15) is 5.75 Å². The number of nitrogens with one attached hydrogen (secondary N) is 1. The van der Waals surface area contributed by atoms with Crippen molar-refractivity contribution in [3.8, 4) is 17.2 Å². The molecule has 1 saturated heterocycles. The molecule has 2 aliphatic heterocycles. The van der Waals surface area contributed by atoms with Gasteiger partial charge in [-0.05, 0) is 32.4 Å². The van der Waals surface area contributed by atoms with Gasteiger partial charge in [-0.1, -0.05) is 0 Å². The van der Waals surface area contributed by atoms with Gasteiger partial charge in [0.2, 0.25) is 6.79 Å². The maximum Gasteiger partial charge on any atom is 0.231 e. The molecule has 0 radical (unpaired) electrons. The van der Waals surface area contributed by atoms with Crippen molar-refractivity contribution in [2.75, 3.05) is 20.4 Å². The third-order valence-corrected chi connectivity index (χ3v) is 3.64. The number of fused-ring (bicyclic) bond motifs is 1. The maximum atomic E-state index is 5.59. The lowest BCUT2D eigenvalue weighted by Crippen LogP contribution is -2.33. The summed E-state index contributed by atoms with van der Waals surface area (Å²) < 4.78 is 16.4. The molecule has 1 aromatic carbocycles. The molecule has 1 atom stereocenters. The van der Waals surface area contributed by atoms with Gasteiger partial charge in [-0.2, -0.15) is 0 Å². The molecule has 1 aromatic rings. The van der Waals surface area contributed by atoms with E-state index in [0.29, 0.717) is 6.79 Å². The molecule has 4 nitrogen and oxygen atoms in total. The number of hydrogen-bond acceptors (Lipinski definition) is 4. The van der Waals surface area contributed by atoms with Crippen LogP contribution in [0.1, 0.15) is 25.3 Å². The van der Waals surface area contributed by atoms with E-state index in [1.807, 2.05) is 12.1 Å². The van der Waals surface area contributed by atoms with Crippen molar-refractivity contribution in [2.24, 2.45) is 0 Å². The molecule has 1 N–H and O–H groups in total. The van der Waals surface area contributed by atoms with Crippen LogP contribution in [-0.2, 0) is 5.54 Å². The molecular weight excluding hydrogens is 218 g/mol. The summed E-state index contributed by atoms with van der Waals surface area (Å²) in [7, 11) is 1.67. The zero-order valence-corrected chi connectivity index (χ0v) is 10.2. The lowest BCUT2D eigenvalue weighted by atomic mass is 9.89. The Labute approximate surface area is 101 Å². The van der Waals surface area contributed by atoms with Crippen LogP contribution in [0.3, 0.4) is 0 Å². The van der Waals surface area contributed by atoms with Crippen LogP contribution in [0, 0.1) is 0 Å². The minimum atomic E-state index is -0.0354. The highest BCUT2D eigenvalue weighted by Crippen LogP contribution is 2.46. The van der Waals surface area contributed by atoms with E-state index >= 15 is 0 Å². The first-order valence-corrected chi connectivity index (χ1v) is 5.96. The Bertz CT molecular complexity index is 439. The lowest BCUT2D eigenvalue weighted by molar-refractivity contribution is 0.171. The van der Waals surface area contributed by atoms with Crippen LogP contribution in [0.15, 0.2) is 12.1 Å². The molecule has 0 saturated carbocycles. The van der Waals surface area contributed by atoms with Crippen molar-refractivity contribution < 1.29 is 14.2 Å². The largest absolute Gasteiger partial charge is 0.497 e. The van der Waals surface area contributed by atoms with Crippen molar-refractivity contribution in [3.05, 3.63) is 17.7 Å². The molecule has 0 bridgehead atoms. The summed E-state index contributed by atoms with van der Waals surface area (Å²) in [6, 6.07) is 3.93. The fraction of sp³-hybridized carbons (Fsp3) is 0.538. The standard InChI is InChI=1S/C13H17NO3/c1-13(4-3-5-14-13)10-6-9(15-2)7-11-12(10)17-8-16-11/h6-7,14H,3-5,8H2,1-2H3. The molecule has 92 valence electrons. The summed E-state index contributed by atoms with van der Waals surface area (Å²) >= 11 is 0. The van der Waals surface area contributed by atoms with E-state index in [2.05, 4.69) is 12.2 Å². The molecule has 1 unspecified atom stereocenters. The average Bonchev–Trinajstić information content (AvgIpc) is 2.96. The Hall–Kier alpha value is -1.42. The molecular formula is C13H17NO3. The van der Waals surface area contributed by atoms with Crippen LogP contribution in [0.25, 0.3) is 0 Å². The first kappa shape index (κ1) is 10.7. The van der Waals surface area contributed by atoms with Gasteiger partial charge in [-0.25, -0.2) is 0 Å². The highest BCUT2D eigenvalue weighted by Gasteiger charge is 2.36. The summed E-state index contributed by atoms with van der Waals surface area (Å²) in [6.07, 6.45) is 2.29. The topological polar surface area (TPSA) is 39.7 Å². The third-order valence-electron chi connectivity index (χ3n) is 3.64. The average molecular weight is 235 g/mol. The van der Waals surface area contributed by atoms with Crippen LogP contribution in [0.2, 0.25) is 0 Å². The monoisotopic (exact) mass is 235 g/mol. The fourth-order valence-electron chi connectivity index (χ4n) is 2.64. The predicted molar refractivity (Wildman–Crippen MR) is 63.7 cm³/mol. The smallest absolute Gasteiger partial charge is 0.231 e. The second-order valence-electron chi connectivity index (χ2n) is 4.77. The number of methoxy groups -OCH3 is 1. The molecule has 3 rings (SSSR count). The zero-order valence-electron chi connectivity index (χ0n) is 10.2. The Morgan fingerprint density at radius 1 is 1.35 bits per heavy atom. The number of rotatable bonds is 2. The van der Waals surface area contributed by atoms with Gasteiger partial charge in [-0.3, -0.25) is 0 Å². The van der Waals surface area contributed by atoms with Gasteiger partial charge in [-0.15, -0.1) is 0 Å². The normalized spacial score (nSPS) is 26.2. The van der Waals surface area contributed by atoms with Gasteiger partial charge in [0, 0.05) is 17.2 Å². The van der Waals surface area contributed by atoms with Crippen LogP contribution in [-0.4, -0.2) is 20.4 Å². The highest BCUT2D eigenvalue weighted by atomic mass is 16.7. The van der Waals surface area contributed by atoms with E-state index < -0.39 is 0 Å². The summed E-state index contributed by atoms with van der Waals surface area (Å²) in [5.41, 5.74) is 1.11. The summed E-state index contributed by atoms with van der Waals surface area (Å²) in [6.45, 7) is 3.55. The van der Waals surface area contributed by atoms with E-state index in [0.717, 1.165) is 35.8 Å². The summed E-state index contributed by atoms with van der Waals surface area (Å²) in [5, 5.41) is 3.54. The molecule has 4 heteroatoms. The van der Waals surface area contributed by atoms with Crippen molar-refractivity contribution in [1.82, 2.24) is 5.32 Å². The molecule has 0 aliphatic carbocycles. The van der Waals surface area contributed by atoms with Gasteiger partial charge >= 0.3 is 0 Å². The Kier molecular flexibility index (Phi) is 2.40. The second kappa shape index (κ2) is 3.81. The summed E-state index contributed by atoms with van der Waals surface area (Å²) in [4.78, 5) is 0. The van der Waals surface area contributed by atoms with Gasteiger partial charge < -0.3 is 19.5 Å². The number of ether oxygens (including phenoxy) is 3. The van der Waals surface area contributed by atoms with Crippen LogP contribution in [0.5, 0.6) is 17.2 Å². The van der Waals surface area contributed by atoms with Crippen molar-refractivity contribution in [3.63, 3.8) is 0 Å². The number of hydrogen-bond donors (Lipinski definition) is 1. The molecule has 2 heterocycles. The maximum absolute atomic E-state index is 5.59. The third kappa shape index (κ3) is 1.63. The van der Waals surface area contributed by atoms with Crippen LogP contribution >= 0.6 is 0 Å². The van der Waals surface area contributed by atoms with Crippen LogP contribution in [0.4, 0.5) is 0 Å². The molecule has 2 aliphatic rings. The first-order chi connectivity index (χ1) is 8.23. The quantitative estimate of drug-likeness (QED) is 0.851. The summed E-state index contributed by atoms with van der Waals surface area (Å²) in [5.74, 6) is 2.47. The van der Waals surface area contributed by atoms with Crippen molar-refractivity contribution in [2.45, 2.75) is 25.3 Å². The molecule has 0 amide bonds. The lowest BCUT2D eigenvalue weighted by Gasteiger charge is -2.26. The Morgan fingerprint density at radius 3 is 2.94 bits per heavy atom.